The van der Waals surface area contributed by atoms with Gasteiger partial charge in [-0.1, -0.05) is 6.92 Å². The van der Waals surface area contributed by atoms with Crippen LogP contribution >= 0.6 is 15.9 Å². The molecular weight excluding hydrogens is 428 g/mol. The van der Waals surface area contributed by atoms with Crippen molar-refractivity contribution in [2.75, 3.05) is 13.2 Å². The first kappa shape index (κ1) is 22.1. The fraction of sp³-hybridized carbons (Fsp3) is 0.579. The molecule has 1 N–H and O–H groups in total. The van der Waals surface area contributed by atoms with Crippen LogP contribution in [0.4, 0.5) is 4.79 Å². The summed E-state index contributed by atoms with van der Waals surface area (Å²) in [5.41, 5.74) is 0.902. The maximum atomic E-state index is 11.8. The maximum Gasteiger partial charge on any atom is 0.407 e. The van der Waals surface area contributed by atoms with Gasteiger partial charge in [0.2, 0.25) is 0 Å². The molecule has 0 unspecified atom stereocenters. The van der Waals surface area contributed by atoms with E-state index in [0.717, 1.165) is 22.2 Å². The van der Waals surface area contributed by atoms with Gasteiger partial charge in [-0.25, -0.2) is 14.8 Å². The van der Waals surface area contributed by atoms with Crippen LogP contribution in [0.1, 0.15) is 46.4 Å². The van der Waals surface area contributed by atoms with Crippen LogP contribution in [0.15, 0.2) is 16.7 Å². The first-order valence-corrected chi connectivity index (χ1v) is 10.1. The molecule has 0 bridgehead atoms. The number of alkyl carbamates (subject to hydrolysis) is 1. The van der Waals surface area contributed by atoms with E-state index >= 15 is 0 Å². The number of hydrogen-bond acceptors (Lipinski definition) is 6. The van der Waals surface area contributed by atoms with Crippen molar-refractivity contribution in [1.29, 1.82) is 0 Å². The molecule has 2 aromatic rings. The van der Waals surface area contributed by atoms with Gasteiger partial charge in [-0.15, -0.1) is 0 Å². The van der Waals surface area contributed by atoms with E-state index < -0.39 is 11.7 Å². The summed E-state index contributed by atoms with van der Waals surface area (Å²) in [5.74, 6) is 0.541. The van der Waals surface area contributed by atoms with Gasteiger partial charge in [0.25, 0.3) is 0 Å². The minimum atomic E-state index is -0.546. The second-order valence-electron chi connectivity index (χ2n) is 7.33. The van der Waals surface area contributed by atoms with Crippen LogP contribution in [0.5, 0.6) is 0 Å². The number of carbonyl (C=O) groups is 2. The van der Waals surface area contributed by atoms with Gasteiger partial charge in [0, 0.05) is 30.1 Å². The number of hydrogen-bond donors (Lipinski definition) is 1. The number of ether oxygens (including phenoxy) is 2. The lowest BCUT2D eigenvalue weighted by atomic mass is 10.2. The van der Waals surface area contributed by atoms with E-state index in [1.807, 2.05) is 38.3 Å². The van der Waals surface area contributed by atoms with Crippen molar-refractivity contribution in [3.05, 3.63) is 22.6 Å². The molecule has 0 saturated carbocycles. The van der Waals surface area contributed by atoms with Gasteiger partial charge in [-0.2, -0.15) is 0 Å². The molecule has 2 rings (SSSR count). The van der Waals surface area contributed by atoms with Crippen LogP contribution in [0, 0.1) is 0 Å². The molecule has 0 aliphatic carbocycles. The van der Waals surface area contributed by atoms with Crippen molar-refractivity contribution in [3.63, 3.8) is 0 Å². The topological polar surface area (TPSA) is 95.3 Å². The molecule has 154 valence electrons. The predicted octanol–water partition coefficient (Wildman–Crippen LogP) is 3.60. The summed E-state index contributed by atoms with van der Waals surface area (Å²) in [6.07, 6.45) is 2.89. The molecule has 0 aromatic carbocycles. The fourth-order valence-corrected chi connectivity index (χ4v) is 2.90. The Morgan fingerprint density at radius 3 is 2.75 bits per heavy atom. The first-order chi connectivity index (χ1) is 13.2. The molecule has 28 heavy (non-hydrogen) atoms. The largest absolute Gasteiger partial charge is 0.464 e. The molecule has 0 aliphatic rings. The van der Waals surface area contributed by atoms with Gasteiger partial charge in [0.1, 0.15) is 23.5 Å². The van der Waals surface area contributed by atoms with E-state index in [2.05, 4.69) is 31.2 Å². The zero-order chi connectivity index (χ0) is 20.7. The lowest BCUT2D eigenvalue weighted by Gasteiger charge is -2.19. The molecule has 9 heteroatoms. The first-order valence-electron chi connectivity index (χ1n) is 9.32. The van der Waals surface area contributed by atoms with Crippen molar-refractivity contribution in [2.24, 2.45) is 0 Å². The highest BCUT2D eigenvalue weighted by Gasteiger charge is 2.17. The number of nitrogens with one attached hydrogen (secondary N) is 1. The highest BCUT2D eigenvalue weighted by Crippen LogP contribution is 2.19. The van der Waals surface area contributed by atoms with E-state index in [0.29, 0.717) is 31.6 Å². The number of fused-ring (bicyclic) bond motifs is 1. The Morgan fingerprint density at radius 2 is 2.07 bits per heavy atom. The number of rotatable bonds is 8. The average molecular weight is 455 g/mol. The Bertz CT molecular complexity index is 829. The lowest BCUT2D eigenvalue weighted by molar-refractivity contribution is -0.143. The monoisotopic (exact) mass is 454 g/mol. The normalized spacial score (nSPS) is 11.5. The van der Waals surface area contributed by atoms with E-state index in [9.17, 15) is 9.59 Å². The number of aromatic nitrogens is 3. The minimum absolute atomic E-state index is 0.212. The third-order valence-electron chi connectivity index (χ3n) is 3.68. The quantitative estimate of drug-likeness (QED) is 0.612. The van der Waals surface area contributed by atoms with Crippen molar-refractivity contribution >= 4 is 39.2 Å². The van der Waals surface area contributed by atoms with Crippen LogP contribution in [0.25, 0.3) is 11.2 Å². The summed E-state index contributed by atoms with van der Waals surface area (Å²) in [4.78, 5) is 32.5. The lowest BCUT2D eigenvalue weighted by Crippen LogP contribution is -2.33. The molecule has 0 fully saturated rings. The summed E-state index contributed by atoms with van der Waals surface area (Å²) in [6.45, 7) is 8.44. The highest BCUT2D eigenvalue weighted by atomic mass is 79.9. The number of esters is 1. The molecule has 0 spiro atoms. The number of halogens is 1. The van der Waals surface area contributed by atoms with Gasteiger partial charge in [-0.05, 0) is 49.2 Å². The molecule has 0 aliphatic heterocycles. The Balaban J connectivity index is 2.06. The molecule has 1 amide bonds. The summed E-state index contributed by atoms with van der Waals surface area (Å²) in [6, 6.07) is 1.88. The molecule has 0 saturated heterocycles. The molecule has 2 heterocycles. The Labute approximate surface area is 173 Å². The van der Waals surface area contributed by atoms with Crippen molar-refractivity contribution in [1.82, 2.24) is 19.9 Å². The molecule has 0 radical (unpaired) electrons. The Morgan fingerprint density at radius 1 is 1.32 bits per heavy atom. The van der Waals surface area contributed by atoms with Crippen LogP contribution in [-0.4, -0.2) is 45.4 Å². The second kappa shape index (κ2) is 9.86. The Kier molecular flexibility index (Phi) is 7.79. The SMILES string of the molecule is CCCC(=O)OCCn1c(CCNC(=O)OC(C)(C)C)nc2cc(Br)cnc21. The zero-order valence-corrected chi connectivity index (χ0v) is 18.3. The Hall–Kier alpha value is -2.16. The van der Waals surface area contributed by atoms with E-state index in [4.69, 9.17) is 9.47 Å². The van der Waals surface area contributed by atoms with E-state index in [1.165, 1.54) is 0 Å². The third kappa shape index (κ3) is 6.78. The number of amides is 1. The third-order valence-corrected chi connectivity index (χ3v) is 4.11. The smallest absolute Gasteiger partial charge is 0.407 e. The van der Waals surface area contributed by atoms with E-state index in [-0.39, 0.29) is 12.6 Å². The summed E-state index contributed by atoms with van der Waals surface area (Å²) in [5, 5.41) is 2.73. The molecule has 8 nitrogen and oxygen atoms in total. The van der Waals surface area contributed by atoms with Crippen LogP contribution < -0.4 is 5.32 Å². The number of pyridine rings is 1. The van der Waals surface area contributed by atoms with Gasteiger partial charge < -0.3 is 19.4 Å². The molecule has 0 atom stereocenters. The molecular formula is C19H27BrN4O4. The fourth-order valence-electron chi connectivity index (χ4n) is 2.58. The van der Waals surface area contributed by atoms with Crippen LogP contribution in [-0.2, 0) is 27.2 Å². The zero-order valence-electron chi connectivity index (χ0n) is 16.7. The molecule has 2 aromatic heterocycles. The summed E-state index contributed by atoms with van der Waals surface area (Å²) in [7, 11) is 0. The standard InChI is InChI=1S/C19H27BrN4O4/c1-5-6-16(25)27-10-9-24-15(7-8-21-18(26)28-19(2,3)4)23-14-11-13(20)12-22-17(14)24/h11-12H,5-10H2,1-4H3,(H,21,26). The number of imidazole rings is 1. The predicted molar refractivity (Wildman–Crippen MR) is 109 cm³/mol. The number of carbonyl (C=O) groups excluding carboxylic acids is 2. The summed E-state index contributed by atoms with van der Waals surface area (Å²) < 4.78 is 13.3. The van der Waals surface area contributed by atoms with Crippen molar-refractivity contribution < 1.29 is 19.1 Å². The van der Waals surface area contributed by atoms with Gasteiger partial charge in [0.05, 0.1) is 6.54 Å². The van der Waals surface area contributed by atoms with Crippen LogP contribution in [0.2, 0.25) is 0 Å². The van der Waals surface area contributed by atoms with Crippen molar-refractivity contribution in [2.45, 2.75) is 59.1 Å². The highest BCUT2D eigenvalue weighted by molar-refractivity contribution is 9.10. The average Bonchev–Trinajstić information content (AvgIpc) is 2.90. The minimum Gasteiger partial charge on any atom is -0.464 e. The second-order valence-corrected chi connectivity index (χ2v) is 8.24. The van der Waals surface area contributed by atoms with Crippen molar-refractivity contribution in [3.8, 4) is 0 Å². The van der Waals surface area contributed by atoms with Gasteiger partial charge in [0.15, 0.2) is 5.65 Å². The van der Waals surface area contributed by atoms with Crippen LogP contribution in [0.3, 0.4) is 0 Å². The number of nitrogens with zero attached hydrogens (tertiary/aromatic N) is 3. The van der Waals surface area contributed by atoms with E-state index in [1.54, 1.807) is 6.20 Å². The summed E-state index contributed by atoms with van der Waals surface area (Å²) >= 11 is 3.40. The van der Waals surface area contributed by atoms with Gasteiger partial charge >= 0.3 is 12.1 Å². The maximum absolute atomic E-state index is 11.8. The van der Waals surface area contributed by atoms with Gasteiger partial charge in [-0.3, -0.25) is 4.79 Å².